The molecule has 2 aromatic carbocycles. The van der Waals surface area contributed by atoms with Crippen molar-refractivity contribution in [3.8, 4) is 5.75 Å². The lowest BCUT2D eigenvalue weighted by Gasteiger charge is -2.23. The van der Waals surface area contributed by atoms with Crippen LogP contribution in [-0.4, -0.2) is 38.2 Å². The second-order valence-electron chi connectivity index (χ2n) is 7.04. The number of hydroxylamine groups is 2. The monoisotopic (exact) mass is 519 g/mol. The largest absolute Gasteiger partial charge is 0.409 e. The number of nitrogens with zero attached hydrogens (tertiary/aromatic N) is 4. The molecule has 0 saturated heterocycles. The van der Waals surface area contributed by atoms with E-state index in [1.807, 2.05) is 24.3 Å². The lowest BCUT2D eigenvalue weighted by Crippen LogP contribution is -2.41. The van der Waals surface area contributed by atoms with Crippen LogP contribution in [0.4, 0.5) is 24.8 Å². The van der Waals surface area contributed by atoms with E-state index in [2.05, 4.69) is 31.2 Å². The molecule has 7 nitrogen and oxygen atoms in total. The first-order valence-corrected chi connectivity index (χ1v) is 10.5. The minimum Gasteiger partial charge on any atom is -0.376 e. The Morgan fingerprint density at radius 3 is 2.58 bits per heavy atom. The summed E-state index contributed by atoms with van der Waals surface area (Å²) in [5.41, 5.74) is 1.85. The highest BCUT2D eigenvalue weighted by Crippen LogP contribution is 2.27. The van der Waals surface area contributed by atoms with Crippen molar-refractivity contribution in [3.63, 3.8) is 0 Å². The van der Waals surface area contributed by atoms with Crippen LogP contribution in [0.5, 0.6) is 5.75 Å². The second-order valence-corrected chi connectivity index (χ2v) is 7.96. The average molecular weight is 520 g/mol. The summed E-state index contributed by atoms with van der Waals surface area (Å²) in [6, 6.07) is 16.5. The van der Waals surface area contributed by atoms with Crippen LogP contribution in [0.25, 0.3) is 11.0 Å². The first kappa shape index (κ1) is 22.6. The van der Waals surface area contributed by atoms with Gasteiger partial charge in [-0.1, -0.05) is 22.0 Å². The SMILES string of the molecule is Cn1c(Nc2ccc(Br)cc2)nc2cc(ON(CC(F)(F)F)C(=O)c3ccccn3)ccc21. The normalized spacial score (nSPS) is 11.4. The topological polar surface area (TPSA) is 72.3 Å². The zero-order chi connectivity index (χ0) is 23.6. The van der Waals surface area contributed by atoms with Gasteiger partial charge in [0.15, 0.2) is 12.3 Å². The first-order chi connectivity index (χ1) is 15.7. The van der Waals surface area contributed by atoms with Crippen LogP contribution in [-0.2, 0) is 7.05 Å². The highest BCUT2D eigenvalue weighted by molar-refractivity contribution is 9.10. The lowest BCUT2D eigenvalue weighted by atomic mass is 10.3. The van der Waals surface area contributed by atoms with Gasteiger partial charge in [-0.25, -0.2) is 4.98 Å². The number of nitrogens with one attached hydrogen (secondary N) is 1. The molecular weight excluding hydrogens is 503 g/mol. The van der Waals surface area contributed by atoms with Crippen LogP contribution in [0.1, 0.15) is 10.5 Å². The fourth-order valence-corrected chi connectivity index (χ4v) is 3.33. The number of pyridine rings is 1. The standard InChI is InChI=1S/C22H17BrF3N5O2/c1-30-19-10-9-16(12-18(19)29-21(30)28-15-7-5-14(23)6-8-15)33-31(13-22(24,25)26)20(32)17-4-2-3-11-27-17/h2-12H,13H2,1H3,(H,28,29). The van der Waals surface area contributed by atoms with Gasteiger partial charge in [-0.05, 0) is 48.5 Å². The molecule has 0 bridgehead atoms. The van der Waals surface area contributed by atoms with Crippen molar-refractivity contribution < 1.29 is 22.8 Å². The Morgan fingerprint density at radius 2 is 1.91 bits per heavy atom. The Labute approximate surface area is 194 Å². The molecule has 0 saturated carbocycles. The van der Waals surface area contributed by atoms with E-state index in [9.17, 15) is 18.0 Å². The van der Waals surface area contributed by atoms with Gasteiger partial charge in [0.25, 0.3) is 0 Å². The molecule has 0 radical (unpaired) electrons. The summed E-state index contributed by atoms with van der Waals surface area (Å²) in [4.78, 5) is 26.2. The van der Waals surface area contributed by atoms with E-state index in [1.54, 1.807) is 23.7 Å². The number of anilines is 2. The molecule has 170 valence electrons. The summed E-state index contributed by atoms with van der Waals surface area (Å²) in [5.74, 6) is -0.447. The number of rotatable bonds is 6. The number of benzene rings is 2. The average Bonchev–Trinajstić information content (AvgIpc) is 3.08. The summed E-state index contributed by atoms with van der Waals surface area (Å²) >= 11 is 3.38. The van der Waals surface area contributed by atoms with Crippen molar-refractivity contribution in [1.29, 1.82) is 0 Å². The molecule has 0 aliphatic carbocycles. The molecule has 4 rings (SSSR count). The Kier molecular flexibility index (Phi) is 6.23. The van der Waals surface area contributed by atoms with Gasteiger partial charge in [-0.2, -0.15) is 18.2 Å². The minimum atomic E-state index is -4.67. The van der Waals surface area contributed by atoms with Crippen LogP contribution in [0.15, 0.2) is 71.3 Å². The Balaban J connectivity index is 1.60. The van der Waals surface area contributed by atoms with Crippen molar-refractivity contribution >= 4 is 44.5 Å². The van der Waals surface area contributed by atoms with E-state index in [0.717, 1.165) is 15.7 Å². The van der Waals surface area contributed by atoms with E-state index < -0.39 is 18.6 Å². The maximum atomic E-state index is 13.1. The van der Waals surface area contributed by atoms with E-state index in [4.69, 9.17) is 4.84 Å². The molecule has 0 aliphatic rings. The van der Waals surface area contributed by atoms with Crippen LogP contribution in [0, 0.1) is 0 Å². The number of halogens is 4. The third kappa shape index (κ3) is 5.43. The Hall–Kier alpha value is -3.60. The highest BCUT2D eigenvalue weighted by Gasteiger charge is 2.35. The number of carbonyl (C=O) groups excluding carboxylic acids is 1. The van der Waals surface area contributed by atoms with Crippen molar-refractivity contribution in [3.05, 3.63) is 77.0 Å². The predicted molar refractivity (Wildman–Crippen MR) is 120 cm³/mol. The number of aryl methyl sites for hydroxylation is 1. The quantitative estimate of drug-likeness (QED) is 0.342. The number of fused-ring (bicyclic) bond motifs is 1. The van der Waals surface area contributed by atoms with Gasteiger partial charge >= 0.3 is 12.1 Å². The molecule has 0 aliphatic heterocycles. The summed E-state index contributed by atoms with van der Waals surface area (Å²) in [7, 11) is 1.80. The predicted octanol–water partition coefficient (Wildman–Crippen LogP) is 5.47. The van der Waals surface area contributed by atoms with Crippen molar-refractivity contribution in [1.82, 2.24) is 19.6 Å². The Morgan fingerprint density at radius 1 is 1.15 bits per heavy atom. The van der Waals surface area contributed by atoms with E-state index in [-0.39, 0.29) is 16.5 Å². The van der Waals surface area contributed by atoms with E-state index in [0.29, 0.717) is 11.5 Å². The summed E-state index contributed by atoms with van der Waals surface area (Å²) < 4.78 is 42.0. The van der Waals surface area contributed by atoms with Crippen LogP contribution in [0.2, 0.25) is 0 Å². The smallest absolute Gasteiger partial charge is 0.376 e. The van der Waals surface area contributed by atoms with Gasteiger partial charge in [0.1, 0.15) is 5.69 Å². The van der Waals surface area contributed by atoms with Crippen LogP contribution >= 0.6 is 15.9 Å². The van der Waals surface area contributed by atoms with Gasteiger partial charge in [-0.3, -0.25) is 9.78 Å². The molecule has 2 aromatic heterocycles. The number of alkyl halides is 3. The molecule has 2 heterocycles. The van der Waals surface area contributed by atoms with Gasteiger partial charge in [0.2, 0.25) is 5.95 Å². The minimum absolute atomic E-state index is 0.0318. The zero-order valence-electron chi connectivity index (χ0n) is 17.2. The molecule has 4 aromatic rings. The molecule has 11 heteroatoms. The van der Waals surface area contributed by atoms with Crippen LogP contribution < -0.4 is 10.2 Å². The number of imidazole rings is 1. The third-order valence-corrected chi connectivity index (χ3v) is 5.13. The molecule has 0 atom stereocenters. The van der Waals surface area contributed by atoms with Crippen molar-refractivity contribution in [2.45, 2.75) is 6.18 Å². The highest BCUT2D eigenvalue weighted by atomic mass is 79.9. The number of hydrogen-bond acceptors (Lipinski definition) is 5. The first-order valence-electron chi connectivity index (χ1n) is 9.66. The molecule has 33 heavy (non-hydrogen) atoms. The number of carbonyl (C=O) groups is 1. The van der Waals surface area contributed by atoms with Crippen LogP contribution in [0.3, 0.4) is 0 Å². The molecule has 0 spiro atoms. The van der Waals surface area contributed by atoms with Gasteiger partial charge in [0.05, 0.1) is 11.0 Å². The van der Waals surface area contributed by atoms with Gasteiger partial charge in [-0.15, -0.1) is 0 Å². The summed E-state index contributed by atoms with van der Waals surface area (Å²) in [6.07, 6.45) is -3.35. The fraction of sp³-hybridized carbons (Fsp3) is 0.136. The zero-order valence-corrected chi connectivity index (χ0v) is 18.8. The maximum absolute atomic E-state index is 13.1. The maximum Gasteiger partial charge on any atom is 0.409 e. The molecular formula is C22H17BrF3N5O2. The van der Waals surface area contributed by atoms with Crippen molar-refractivity contribution in [2.75, 3.05) is 11.9 Å². The molecule has 1 amide bonds. The third-order valence-electron chi connectivity index (χ3n) is 4.60. The lowest BCUT2D eigenvalue weighted by molar-refractivity contribution is -0.179. The number of hydrogen-bond donors (Lipinski definition) is 1. The molecule has 0 unspecified atom stereocenters. The van der Waals surface area contributed by atoms with E-state index >= 15 is 0 Å². The van der Waals surface area contributed by atoms with Gasteiger partial charge in [0, 0.05) is 29.5 Å². The van der Waals surface area contributed by atoms with E-state index in [1.165, 1.54) is 30.5 Å². The van der Waals surface area contributed by atoms with Gasteiger partial charge < -0.3 is 14.7 Å². The van der Waals surface area contributed by atoms with Crippen molar-refractivity contribution in [2.24, 2.45) is 7.05 Å². The summed E-state index contributed by atoms with van der Waals surface area (Å²) in [5, 5.41) is 3.43. The molecule has 1 N–H and O–H groups in total. The molecule has 0 fully saturated rings. The number of aromatic nitrogens is 3. The Bertz CT molecular complexity index is 1280. The number of amides is 1. The second kappa shape index (κ2) is 9.10. The fourth-order valence-electron chi connectivity index (χ4n) is 3.06. The summed E-state index contributed by atoms with van der Waals surface area (Å²) in [6.45, 7) is -1.60.